The van der Waals surface area contributed by atoms with Crippen LogP contribution in [0.5, 0.6) is 5.75 Å². The van der Waals surface area contributed by atoms with Gasteiger partial charge in [0.05, 0.1) is 18.9 Å². The van der Waals surface area contributed by atoms with E-state index in [2.05, 4.69) is 5.10 Å². The highest BCUT2D eigenvalue weighted by atomic mass is 32.2. The molecule has 2 unspecified atom stereocenters. The molecule has 0 aliphatic carbocycles. The lowest BCUT2D eigenvalue weighted by Gasteiger charge is -2.20. The molecule has 0 radical (unpaired) electrons. The Morgan fingerprint density at radius 2 is 1.73 bits per heavy atom. The second kappa shape index (κ2) is 8.59. The van der Waals surface area contributed by atoms with Crippen molar-refractivity contribution in [2.45, 2.75) is 17.6 Å². The number of sulfone groups is 1. The lowest BCUT2D eigenvalue weighted by atomic mass is 10.1. The van der Waals surface area contributed by atoms with Crippen LogP contribution in [0, 0.1) is 0 Å². The standard InChI is InChI=1S/C22H24N2O5S/c1-27-20-14-28-15-21(20)29-19-11-7-6-10-17(19)18-12-13-24(23-18)22(30(2,25)26)16-8-4-3-5-9-16/h3-13,20-22H,14-15H2,1-2H3/t20?,21-,22?/m1/s1. The maximum absolute atomic E-state index is 12.5. The van der Waals surface area contributed by atoms with E-state index in [9.17, 15) is 8.42 Å². The van der Waals surface area contributed by atoms with Gasteiger partial charge < -0.3 is 14.2 Å². The summed E-state index contributed by atoms with van der Waals surface area (Å²) in [6.07, 6.45) is 2.55. The van der Waals surface area contributed by atoms with Gasteiger partial charge in [-0.05, 0) is 23.8 Å². The first-order chi connectivity index (χ1) is 14.5. The minimum Gasteiger partial charge on any atom is -0.484 e. The molecular weight excluding hydrogens is 404 g/mol. The zero-order valence-corrected chi connectivity index (χ0v) is 17.7. The molecule has 1 fully saturated rings. The highest BCUT2D eigenvalue weighted by molar-refractivity contribution is 7.90. The van der Waals surface area contributed by atoms with Crippen molar-refractivity contribution in [3.8, 4) is 17.0 Å². The fraction of sp³-hybridized carbons (Fsp3) is 0.318. The molecule has 1 aliphatic heterocycles. The fourth-order valence-electron chi connectivity index (χ4n) is 3.61. The van der Waals surface area contributed by atoms with Gasteiger partial charge in [0.2, 0.25) is 0 Å². The van der Waals surface area contributed by atoms with Gasteiger partial charge in [0, 0.05) is 25.1 Å². The Morgan fingerprint density at radius 1 is 1.03 bits per heavy atom. The molecule has 0 spiro atoms. The summed E-state index contributed by atoms with van der Waals surface area (Å²) in [5.74, 6) is 0.649. The average molecular weight is 429 g/mol. The highest BCUT2D eigenvalue weighted by Gasteiger charge is 2.31. The van der Waals surface area contributed by atoms with E-state index in [1.807, 2.05) is 42.5 Å². The first kappa shape index (κ1) is 20.6. The Labute approximate surface area is 176 Å². The van der Waals surface area contributed by atoms with Gasteiger partial charge in [-0.3, -0.25) is 0 Å². The zero-order valence-electron chi connectivity index (χ0n) is 16.8. The van der Waals surface area contributed by atoms with Crippen LogP contribution in [0.4, 0.5) is 0 Å². The largest absolute Gasteiger partial charge is 0.484 e. The quantitative estimate of drug-likeness (QED) is 0.576. The molecule has 4 rings (SSSR count). The summed E-state index contributed by atoms with van der Waals surface area (Å²) in [5.41, 5.74) is 2.06. The van der Waals surface area contributed by atoms with Gasteiger partial charge in [0.25, 0.3) is 0 Å². The molecule has 0 N–H and O–H groups in total. The number of rotatable bonds is 7. The molecule has 3 atom stereocenters. The molecule has 1 aromatic heterocycles. The second-order valence-electron chi connectivity index (χ2n) is 7.24. The average Bonchev–Trinajstić information content (AvgIpc) is 3.38. The van der Waals surface area contributed by atoms with Crippen LogP contribution >= 0.6 is 0 Å². The summed E-state index contributed by atoms with van der Waals surface area (Å²) in [7, 11) is -1.81. The number of para-hydroxylation sites is 1. The molecule has 3 aromatic rings. The molecule has 30 heavy (non-hydrogen) atoms. The van der Waals surface area contributed by atoms with Crippen LogP contribution in [0.3, 0.4) is 0 Å². The van der Waals surface area contributed by atoms with Gasteiger partial charge in [-0.1, -0.05) is 42.5 Å². The van der Waals surface area contributed by atoms with Crippen molar-refractivity contribution >= 4 is 9.84 Å². The zero-order chi connectivity index (χ0) is 21.1. The van der Waals surface area contributed by atoms with Crippen LogP contribution in [0.25, 0.3) is 11.3 Å². The topological polar surface area (TPSA) is 79.7 Å². The van der Waals surface area contributed by atoms with E-state index in [0.717, 1.165) is 5.56 Å². The number of ether oxygens (including phenoxy) is 3. The summed E-state index contributed by atoms with van der Waals surface area (Å²) in [6.45, 7) is 0.941. The molecule has 158 valence electrons. The number of methoxy groups -OCH3 is 1. The smallest absolute Gasteiger partial charge is 0.177 e. The molecule has 0 bridgehead atoms. The third-order valence-electron chi connectivity index (χ3n) is 5.06. The number of aromatic nitrogens is 2. The number of nitrogens with zero attached hydrogens (tertiary/aromatic N) is 2. The lowest BCUT2D eigenvalue weighted by molar-refractivity contribution is 0.0328. The molecule has 2 heterocycles. The van der Waals surface area contributed by atoms with E-state index in [1.54, 1.807) is 31.5 Å². The highest BCUT2D eigenvalue weighted by Crippen LogP contribution is 2.32. The SMILES string of the molecule is COC1COC[C@H]1Oc1ccccc1-c1ccn(C(c2ccccc2)S(C)(=O)=O)n1. The molecule has 7 nitrogen and oxygen atoms in total. The van der Waals surface area contributed by atoms with Crippen molar-refractivity contribution in [1.29, 1.82) is 0 Å². The van der Waals surface area contributed by atoms with Crippen molar-refractivity contribution in [1.82, 2.24) is 9.78 Å². The minimum absolute atomic E-state index is 0.136. The number of hydrogen-bond acceptors (Lipinski definition) is 6. The molecule has 1 aliphatic rings. The van der Waals surface area contributed by atoms with Crippen molar-refractivity contribution in [3.63, 3.8) is 0 Å². The Balaban J connectivity index is 1.67. The summed E-state index contributed by atoms with van der Waals surface area (Å²) >= 11 is 0. The number of benzene rings is 2. The second-order valence-corrected chi connectivity index (χ2v) is 9.34. The van der Waals surface area contributed by atoms with Gasteiger partial charge in [0.1, 0.15) is 11.9 Å². The van der Waals surface area contributed by atoms with Crippen molar-refractivity contribution in [2.75, 3.05) is 26.6 Å². The maximum atomic E-state index is 12.5. The van der Waals surface area contributed by atoms with E-state index in [-0.39, 0.29) is 12.2 Å². The molecule has 0 saturated carbocycles. The van der Waals surface area contributed by atoms with Crippen LogP contribution in [-0.2, 0) is 19.3 Å². The minimum atomic E-state index is -3.44. The Hall–Kier alpha value is -2.68. The van der Waals surface area contributed by atoms with E-state index in [4.69, 9.17) is 14.2 Å². The Morgan fingerprint density at radius 3 is 2.47 bits per heavy atom. The predicted molar refractivity (Wildman–Crippen MR) is 113 cm³/mol. The van der Waals surface area contributed by atoms with Crippen LogP contribution in [0.1, 0.15) is 10.9 Å². The normalized spacial score (nSPS) is 20.2. The van der Waals surface area contributed by atoms with Gasteiger partial charge >= 0.3 is 0 Å². The first-order valence-corrected chi connectivity index (χ1v) is 11.6. The van der Waals surface area contributed by atoms with Gasteiger partial charge in [-0.25, -0.2) is 13.1 Å². The van der Waals surface area contributed by atoms with Crippen LogP contribution in [-0.4, -0.2) is 57.0 Å². The predicted octanol–water partition coefficient (Wildman–Crippen LogP) is 2.93. The van der Waals surface area contributed by atoms with Crippen LogP contribution in [0.15, 0.2) is 66.9 Å². The van der Waals surface area contributed by atoms with Crippen LogP contribution < -0.4 is 4.74 Å². The lowest BCUT2D eigenvalue weighted by Crippen LogP contribution is -2.31. The van der Waals surface area contributed by atoms with Crippen molar-refractivity contribution in [3.05, 3.63) is 72.4 Å². The number of hydrogen-bond donors (Lipinski definition) is 0. The first-order valence-electron chi connectivity index (χ1n) is 9.63. The van der Waals surface area contributed by atoms with Gasteiger partial charge in [-0.15, -0.1) is 0 Å². The van der Waals surface area contributed by atoms with E-state index >= 15 is 0 Å². The van der Waals surface area contributed by atoms with E-state index in [1.165, 1.54) is 10.9 Å². The van der Waals surface area contributed by atoms with E-state index < -0.39 is 15.2 Å². The summed E-state index contributed by atoms with van der Waals surface area (Å²) in [4.78, 5) is 0. The molecule has 1 saturated heterocycles. The molecule has 8 heteroatoms. The van der Waals surface area contributed by atoms with Crippen molar-refractivity contribution in [2.24, 2.45) is 0 Å². The van der Waals surface area contributed by atoms with E-state index in [0.29, 0.717) is 30.2 Å². The van der Waals surface area contributed by atoms with Crippen LogP contribution in [0.2, 0.25) is 0 Å². The third kappa shape index (κ3) is 4.26. The van der Waals surface area contributed by atoms with Crippen molar-refractivity contribution < 1.29 is 22.6 Å². The third-order valence-corrected chi connectivity index (χ3v) is 6.36. The molecule has 0 amide bonds. The monoisotopic (exact) mass is 428 g/mol. The maximum Gasteiger partial charge on any atom is 0.177 e. The summed E-state index contributed by atoms with van der Waals surface area (Å²) in [6, 6.07) is 18.4. The Kier molecular flexibility index (Phi) is 5.90. The Bertz CT molecular complexity index is 1100. The summed E-state index contributed by atoms with van der Waals surface area (Å²) in [5, 5.41) is 3.69. The van der Waals surface area contributed by atoms with Gasteiger partial charge in [0.15, 0.2) is 21.3 Å². The summed E-state index contributed by atoms with van der Waals surface area (Å²) < 4.78 is 43.6. The fourth-order valence-corrected chi connectivity index (χ4v) is 4.78. The molecule has 2 aromatic carbocycles. The molecular formula is C22H24N2O5S. The van der Waals surface area contributed by atoms with Gasteiger partial charge in [-0.2, -0.15) is 5.10 Å².